The number of fused-ring (bicyclic) bond motifs is 3. The normalized spacial score (nSPS) is 15.8. The van der Waals surface area contributed by atoms with Crippen LogP contribution in [0.3, 0.4) is 0 Å². The molecule has 1 aliphatic rings. The molecule has 0 saturated heterocycles. The minimum atomic E-state index is -3.32. The lowest BCUT2D eigenvalue weighted by molar-refractivity contribution is -0.137. The molecule has 0 saturated carbocycles. The zero-order chi connectivity index (χ0) is 22.8. The molecule has 31 heavy (non-hydrogen) atoms. The first-order chi connectivity index (χ1) is 14.6. The van der Waals surface area contributed by atoms with E-state index < -0.39 is 15.8 Å². The second-order valence-electron chi connectivity index (χ2n) is 7.41. The fourth-order valence-electron chi connectivity index (χ4n) is 3.76. The molecule has 1 aromatic carbocycles. The molecule has 0 spiro atoms. The van der Waals surface area contributed by atoms with Crippen molar-refractivity contribution in [2.24, 2.45) is 0 Å². The summed E-state index contributed by atoms with van der Waals surface area (Å²) in [5.41, 5.74) is 1.68. The van der Waals surface area contributed by atoms with Gasteiger partial charge in [0, 0.05) is 41.4 Å². The van der Waals surface area contributed by atoms with Gasteiger partial charge in [0.25, 0.3) is 0 Å². The van der Waals surface area contributed by atoms with E-state index in [0.29, 0.717) is 27.4 Å². The van der Waals surface area contributed by atoms with Crippen molar-refractivity contribution in [2.45, 2.75) is 47.9 Å². The topological polar surface area (TPSA) is 89.3 Å². The maximum Gasteiger partial charge on any atom is 0.303 e. The number of carboxylic acids is 1. The van der Waals surface area contributed by atoms with E-state index in [1.165, 1.54) is 36.7 Å². The second kappa shape index (κ2) is 9.58. The van der Waals surface area contributed by atoms with Crippen LogP contribution < -0.4 is 0 Å². The Balaban J connectivity index is 0.000000254. The Labute approximate surface area is 190 Å². The number of pyridine rings is 1. The summed E-state index contributed by atoms with van der Waals surface area (Å²) in [5, 5.41) is 9.87. The lowest BCUT2D eigenvalue weighted by Crippen LogP contribution is -2.16. The molecule has 1 unspecified atom stereocenters. The second-order valence-corrected chi connectivity index (χ2v) is 10.3. The van der Waals surface area contributed by atoms with Crippen molar-refractivity contribution in [2.75, 3.05) is 6.26 Å². The summed E-state index contributed by atoms with van der Waals surface area (Å²) < 4.78 is 38.2. The number of halogens is 2. The molecule has 0 fully saturated rings. The van der Waals surface area contributed by atoms with Crippen LogP contribution in [0.25, 0.3) is 11.0 Å². The molecule has 0 amide bonds. The number of sulfone groups is 1. The highest BCUT2D eigenvalue weighted by Crippen LogP contribution is 2.36. The first-order valence-electron chi connectivity index (χ1n) is 9.62. The number of aliphatic carboxylic acids is 1. The average Bonchev–Trinajstić information content (AvgIpc) is 3.08. The third-order valence-electron chi connectivity index (χ3n) is 5.16. The van der Waals surface area contributed by atoms with Crippen molar-refractivity contribution < 1.29 is 22.7 Å². The van der Waals surface area contributed by atoms with Crippen LogP contribution in [0.15, 0.2) is 46.3 Å². The van der Waals surface area contributed by atoms with E-state index in [-0.39, 0.29) is 23.1 Å². The minimum Gasteiger partial charge on any atom is -0.481 e. The number of thiol groups is 1. The standard InChI is InChI=1S/C15H18N2O4S.C6H4ClFS/c1-22(20,21)13-6-7-16-15-11(13)9-12-10(4-5-14(18)19)3-2-8-17(12)15;7-5-3-4(8)1-2-6(5)9/h6-7,9-10H,2-5,8H2,1H3,(H,18,19);1-3,9H. The Hall–Kier alpha value is -2.10. The highest BCUT2D eigenvalue weighted by atomic mass is 35.5. The van der Waals surface area contributed by atoms with Gasteiger partial charge in [-0.1, -0.05) is 11.6 Å². The number of nitrogens with zero attached hydrogens (tertiary/aromatic N) is 2. The van der Waals surface area contributed by atoms with Crippen LogP contribution >= 0.6 is 24.2 Å². The molecular formula is C21H22ClFN2O4S2. The Morgan fingerprint density at radius 1 is 1.35 bits per heavy atom. The van der Waals surface area contributed by atoms with Crippen LogP contribution in [0, 0.1) is 5.82 Å². The maximum absolute atomic E-state index is 12.2. The maximum atomic E-state index is 12.2. The molecule has 10 heteroatoms. The van der Waals surface area contributed by atoms with Gasteiger partial charge in [-0.2, -0.15) is 0 Å². The smallest absolute Gasteiger partial charge is 0.303 e. The molecule has 3 aromatic rings. The molecule has 0 aliphatic carbocycles. The first-order valence-corrected chi connectivity index (χ1v) is 12.3. The quantitative estimate of drug-likeness (QED) is 0.511. The van der Waals surface area contributed by atoms with E-state index in [4.69, 9.17) is 16.7 Å². The van der Waals surface area contributed by atoms with Gasteiger partial charge in [0.2, 0.25) is 0 Å². The zero-order valence-corrected chi connectivity index (χ0v) is 19.2. The Morgan fingerprint density at radius 3 is 2.71 bits per heavy atom. The summed E-state index contributed by atoms with van der Waals surface area (Å²) >= 11 is 9.44. The fraction of sp³-hybridized carbons (Fsp3) is 0.333. The molecule has 0 radical (unpaired) electrons. The minimum absolute atomic E-state index is 0.124. The van der Waals surface area contributed by atoms with Crippen LogP contribution in [0.1, 0.15) is 37.3 Å². The zero-order valence-electron chi connectivity index (χ0n) is 16.8. The summed E-state index contributed by atoms with van der Waals surface area (Å²) in [5.74, 6) is -0.993. The monoisotopic (exact) mass is 484 g/mol. The third-order valence-corrected chi connectivity index (χ3v) is 7.15. The Kier molecular flexibility index (Phi) is 7.28. The Morgan fingerprint density at radius 2 is 2.10 bits per heavy atom. The van der Waals surface area contributed by atoms with Gasteiger partial charge >= 0.3 is 5.97 Å². The van der Waals surface area contributed by atoms with Gasteiger partial charge in [-0.25, -0.2) is 17.8 Å². The number of aromatic nitrogens is 2. The molecule has 4 rings (SSSR count). The number of aryl methyl sites for hydroxylation is 1. The van der Waals surface area contributed by atoms with E-state index in [1.54, 1.807) is 0 Å². The van der Waals surface area contributed by atoms with Crippen molar-refractivity contribution in [1.82, 2.24) is 9.55 Å². The highest BCUT2D eigenvalue weighted by Gasteiger charge is 2.26. The molecule has 6 nitrogen and oxygen atoms in total. The van der Waals surface area contributed by atoms with E-state index in [9.17, 15) is 17.6 Å². The van der Waals surface area contributed by atoms with Crippen LogP contribution in [0.5, 0.6) is 0 Å². The molecule has 2 aromatic heterocycles. The summed E-state index contributed by atoms with van der Waals surface area (Å²) in [6.45, 7) is 0.794. The van der Waals surface area contributed by atoms with Crippen molar-refractivity contribution in [1.29, 1.82) is 0 Å². The molecule has 0 bridgehead atoms. The summed E-state index contributed by atoms with van der Waals surface area (Å²) in [4.78, 5) is 16.0. The predicted octanol–water partition coefficient (Wildman–Crippen LogP) is 4.95. The summed E-state index contributed by atoms with van der Waals surface area (Å²) in [6, 6.07) is 7.46. The number of hydrogen-bond acceptors (Lipinski definition) is 5. The lowest BCUT2D eigenvalue weighted by Gasteiger charge is -2.24. The van der Waals surface area contributed by atoms with E-state index >= 15 is 0 Å². The number of benzene rings is 1. The van der Waals surface area contributed by atoms with Gasteiger partial charge in [0.15, 0.2) is 9.84 Å². The van der Waals surface area contributed by atoms with Crippen LogP contribution in [-0.4, -0.2) is 35.3 Å². The Bertz CT molecular complexity index is 1230. The number of rotatable bonds is 4. The average molecular weight is 485 g/mol. The summed E-state index contributed by atoms with van der Waals surface area (Å²) in [6.07, 6.45) is 5.29. The third kappa shape index (κ3) is 5.58. The van der Waals surface area contributed by atoms with Gasteiger partial charge in [0.1, 0.15) is 11.5 Å². The molecular weight excluding hydrogens is 463 g/mol. The number of hydrogen-bond donors (Lipinski definition) is 2. The van der Waals surface area contributed by atoms with Crippen molar-refractivity contribution in [3.05, 3.63) is 53.1 Å². The van der Waals surface area contributed by atoms with Crippen LogP contribution in [0.4, 0.5) is 4.39 Å². The molecule has 1 atom stereocenters. The molecule has 3 heterocycles. The van der Waals surface area contributed by atoms with Crippen LogP contribution in [0.2, 0.25) is 5.02 Å². The van der Waals surface area contributed by atoms with Gasteiger partial charge in [0.05, 0.1) is 9.92 Å². The molecule has 166 valence electrons. The van der Waals surface area contributed by atoms with Gasteiger partial charge < -0.3 is 9.67 Å². The molecule has 1 aliphatic heterocycles. The highest BCUT2D eigenvalue weighted by molar-refractivity contribution is 7.91. The number of carbonyl (C=O) groups is 1. The van der Waals surface area contributed by atoms with E-state index in [2.05, 4.69) is 17.6 Å². The van der Waals surface area contributed by atoms with Gasteiger partial charge in [-0.15, -0.1) is 12.6 Å². The largest absolute Gasteiger partial charge is 0.481 e. The fourth-order valence-corrected chi connectivity index (χ4v) is 4.92. The van der Waals surface area contributed by atoms with E-state index in [1.807, 2.05) is 10.6 Å². The predicted molar refractivity (Wildman–Crippen MR) is 120 cm³/mol. The molecule has 1 N–H and O–H groups in total. The first kappa shape index (κ1) is 23.6. The van der Waals surface area contributed by atoms with Crippen molar-refractivity contribution in [3.8, 4) is 0 Å². The van der Waals surface area contributed by atoms with Crippen molar-refractivity contribution >= 4 is 51.1 Å². The number of carboxylic acid groups (broad SMARTS) is 1. The summed E-state index contributed by atoms with van der Waals surface area (Å²) in [7, 11) is -3.32. The SMILES string of the molecule is CS(=O)(=O)c1ccnc2c1cc1n2CCCC1CCC(=O)O.Fc1ccc(S)c(Cl)c1. The van der Waals surface area contributed by atoms with Gasteiger partial charge in [-0.3, -0.25) is 4.79 Å². The van der Waals surface area contributed by atoms with Crippen molar-refractivity contribution in [3.63, 3.8) is 0 Å². The van der Waals surface area contributed by atoms with E-state index in [0.717, 1.165) is 25.1 Å². The lowest BCUT2D eigenvalue weighted by atomic mass is 9.91. The van der Waals surface area contributed by atoms with Crippen LogP contribution in [-0.2, 0) is 21.2 Å². The van der Waals surface area contributed by atoms with Gasteiger partial charge in [-0.05, 0) is 55.5 Å².